The first-order valence-corrected chi connectivity index (χ1v) is 7.76. The molecule has 1 aromatic heterocycles. The van der Waals surface area contributed by atoms with Crippen molar-refractivity contribution in [1.82, 2.24) is 19.8 Å². The lowest BCUT2D eigenvalue weighted by atomic mass is 10.1. The number of carbonyl (C=O) groups excluding carboxylic acids is 1. The second-order valence-corrected chi connectivity index (χ2v) is 6.03. The zero-order chi connectivity index (χ0) is 15.7. The molecule has 0 spiro atoms. The second-order valence-electron chi connectivity index (χ2n) is 6.03. The molecule has 1 aromatic rings. The van der Waals surface area contributed by atoms with E-state index < -0.39 is 4.92 Å². The number of rotatable bonds is 4. The van der Waals surface area contributed by atoms with Crippen LogP contribution < -0.4 is 5.32 Å². The van der Waals surface area contributed by atoms with Gasteiger partial charge in [-0.05, 0) is 35.7 Å². The van der Waals surface area contributed by atoms with Gasteiger partial charge in [0.05, 0.1) is 0 Å². The number of nitro groups is 1. The monoisotopic (exact) mass is 343 g/mol. The molecule has 2 aliphatic rings. The summed E-state index contributed by atoms with van der Waals surface area (Å²) in [6.07, 6.45) is 4.94. The van der Waals surface area contributed by atoms with Crippen LogP contribution in [-0.4, -0.2) is 50.5 Å². The van der Waals surface area contributed by atoms with Crippen LogP contribution in [0.1, 0.15) is 31.5 Å². The highest BCUT2D eigenvalue weighted by Crippen LogP contribution is 2.28. The average molecular weight is 344 g/mol. The van der Waals surface area contributed by atoms with Crippen molar-refractivity contribution < 1.29 is 9.72 Å². The number of carbonyl (C=O) groups is 1. The Labute approximate surface area is 140 Å². The Hall–Kier alpha value is -1.67. The van der Waals surface area contributed by atoms with Crippen LogP contribution in [0.2, 0.25) is 0 Å². The molecule has 0 aliphatic carbocycles. The van der Waals surface area contributed by atoms with Crippen LogP contribution in [0.3, 0.4) is 0 Å². The van der Waals surface area contributed by atoms with Gasteiger partial charge in [-0.25, -0.2) is 0 Å². The molecule has 0 radical (unpaired) electrons. The minimum absolute atomic E-state index is 0. The van der Waals surface area contributed by atoms with Gasteiger partial charge in [0.15, 0.2) is 0 Å². The fourth-order valence-electron chi connectivity index (χ4n) is 3.54. The van der Waals surface area contributed by atoms with Crippen molar-refractivity contribution in [2.45, 2.75) is 51.2 Å². The number of halogens is 1. The molecule has 2 saturated heterocycles. The number of aromatic nitrogens is 2. The quantitative estimate of drug-likeness (QED) is 0.656. The standard InChI is InChI=1S/C14H21N5O3.ClH/c1-10-16-13(19(21)22)9-17(10)7-5-14(20)18-11-2-3-12(18)8-15-6-4-11;/h9,11-12,15H,2-8H2,1H3;1H. The van der Waals surface area contributed by atoms with E-state index in [2.05, 4.69) is 10.3 Å². The Balaban J connectivity index is 0.00000192. The van der Waals surface area contributed by atoms with Crippen LogP contribution in [0.5, 0.6) is 0 Å². The van der Waals surface area contributed by atoms with Gasteiger partial charge in [-0.2, -0.15) is 0 Å². The summed E-state index contributed by atoms with van der Waals surface area (Å²) in [7, 11) is 0. The number of aryl methyl sites for hydroxylation is 2. The number of amides is 1. The van der Waals surface area contributed by atoms with Crippen LogP contribution >= 0.6 is 12.4 Å². The Morgan fingerprint density at radius 3 is 2.87 bits per heavy atom. The van der Waals surface area contributed by atoms with Gasteiger partial charge < -0.3 is 24.9 Å². The Morgan fingerprint density at radius 2 is 2.17 bits per heavy atom. The molecule has 3 heterocycles. The van der Waals surface area contributed by atoms with Crippen LogP contribution in [0, 0.1) is 17.0 Å². The van der Waals surface area contributed by atoms with Gasteiger partial charge in [0.2, 0.25) is 11.7 Å². The van der Waals surface area contributed by atoms with Crippen LogP contribution in [0.25, 0.3) is 0 Å². The predicted octanol–water partition coefficient (Wildman–Crippen LogP) is 1.26. The molecule has 23 heavy (non-hydrogen) atoms. The largest absolute Gasteiger partial charge is 0.381 e. The van der Waals surface area contributed by atoms with E-state index in [0.717, 1.165) is 32.4 Å². The first-order chi connectivity index (χ1) is 10.6. The van der Waals surface area contributed by atoms with Crippen molar-refractivity contribution in [3.05, 3.63) is 22.1 Å². The van der Waals surface area contributed by atoms with Crippen molar-refractivity contribution >= 4 is 24.1 Å². The first-order valence-electron chi connectivity index (χ1n) is 7.76. The number of imidazole rings is 1. The summed E-state index contributed by atoms with van der Waals surface area (Å²) >= 11 is 0. The van der Waals surface area contributed by atoms with E-state index in [-0.39, 0.29) is 24.1 Å². The van der Waals surface area contributed by atoms with Crippen LogP contribution in [0.15, 0.2) is 6.20 Å². The molecule has 2 aliphatic heterocycles. The average Bonchev–Trinajstić information content (AvgIpc) is 2.95. The van der Waals surface area contributed by atoms with E-state index in [9.17, 15) is 14.9 Å². The zero-order valence-corrected chi connectivity index (χ0v) is 13.9. The first kappa shape index (κ1) is 17.7. The summed E-state index contributed by atoms with van der Waals surface area (Å²) in [5, 5.41) is 14.1. The van der Waals surface area contributed by atoms with Crippen molar-refractivity contribution in [1.29, 1.82) is 0 Å². The van der Waals surface area contributed by atoms with E-state index in [1.54, 1.807) is 11.5 Å². The van der Waals surface area contributed by atoms with Crippen LogP contribution in [0.4, 0.5) is 5.82 Å². The summed E-state index contributed by atoms with van der Waals surface area (Å²) in [5.41, 5.74) is 0. The lowest BCUT2D eigenvalue weighted by molar-refractivity contribution is -0.389. The fourth-order valence-corrected chi connectivity index (χ4v) is 3.54. The Kier molecular flexibility index (Phi) is 5.59. The fraction of sp³-hybridized carbons (Fsp3) is 0.714. The van der Waals surface area contributed by atoms with Crippen molar-refractivity contribution in [2.75, 3.05) is 13.1 Å². The normalized spacial score (nSPS) is 23.3. The van der Waals surface area contributed by atoms with Gasteiger partial charge in [-0.1, -0.05) is 0 Å². The molecule has 2 fully saturated rings. The SMILES string of the molecule is Cc1nc([N+](=O)[O-])cn1CCC(=O)N1C2CCNCC1CC2.Cl. The van der Waals surface area contributed by atoms with Gasteiger partial charge in [-0.15, -0.1) is 12.4 Å². The van der Waals surface area contributed by atoms with E-state index in [0.29, 0.717) is 30.9 Å². The minimum atomic E-state index is -0.508. The summed E-state index contributed by atoms with van der Waals surface area (Å²) in [6.45, 7) is 4.00. The molecule has 9 heteroatoms. The molecule has 0 aromatic carbocycles. The van der Waals surface area contributed by atoms with E-state index >= 15 is 0 Å². The molecule has 8 nitrogen and oxygen atoms in total. The zero-order valence-electron chi connectivity index (χ0n) is 13.1. The summed E-state index contributed by atoms with van der Waals surface area (Å²) in [5.74, 6) is 0.552. The smallest absolute Gasteiger partial charge is 0.358 e. The minimum Gasteiger partial charge on any atom is -0.358 e. The summed E-state index contributed by atoms with van der Waals surface area (Å²) < 4.78 is 1.69. The van der Waals surface area contributed by atoms with Gasteiger partial charge in [0.25, 0.3) is 0 Å². The lowest BCUT2D eigenvalue weighted by Crippen LogP contribution is -2.42. The third-order valence-electron chi connectivity index (χ3n) is 4.66. The lowest BCUT2D eigenvalue weighted by Gasteiger charge is -2.28. The molecule has 3 rings (SSSR count). The molecule has 1 amide bonds. The maximum absolute atomic E-state index is 12.6. The van der Waals surface area contributed by atoms with Crippen molar-refractivity contribution in [2.24, 2.45) is 0 Å². The molecular weight excluding hydrogens is 322 g/mol. The van der Waals surface area contributed by atoms with E-state index in [1.807, 2.05) is 4.90 Å². The van der Waals surface area contributed by atoms with E-state index in [1.165, 1.54) is 6.20 Å². The summed E-state index contributed by atoms with van der Waals surface area (Å²) in [6, 6.07) is 0.656. The molecular formula is C14H22ClN5O3. The topological polar surface area (TPSA) is 93.3 Å². The van der Waals surface area contributed by atoms with Crippen LogP contribution in [-0.2, 0) is 11.3 Å². The maximum Gasteiger partial charge on any atom is 0.381 e. The third-order valence-corrected chi connectivity index (χ3v) is 4.66. The predicted molar refractivity (Wildman–Crippen MR) is 86.6 cm³/mol. The van der Waals surface area contributed by atoms with Gasteiger partial charge >= 0.3 is 5.82 Å². The molecule has 0 saturated carbocycles. The number of nitrogens with one attached hydrogen (secondary N) is 1. The maximum atomic E-state index is 12.6. The van der Waals surface area contributed by atoms with Gasteiger partial charge in [-0.3, -0.25) is 4.79 Å². The van der Waals surface area contributed by atoms with Gasteiger partial charge in [0.1, 0.15) is 6.20 Å². The molecule has 2 atom stereocenters. The third kappa shape index (κ3) is 3.64. The number of nitrogens with zero attached hydrogens (tertiary/aromatic N) is 4. The molecule has 2 unspecified atom stereocenters. The molecule has 2 bridgehead atoms. The highest BCUT2D eigenvalue weighted by molar-refractivity contribution is 5.85. The van der Waals surface area contributed by atoms with Crippen molar-refractivity contribution in [3.8, 4) is 0 Å². The Bertz CT molecular complexity index is 577. The number of fused-ring (bicyclic) bond motifs is 2. The second kappa shape index (κ2) is 7.27. The molecule has 1 N–H and O–H groups in total. The Morgan fingerprint density at radius 1 is 1.43 bits per heavy atom. The highest BCUT2D eigenvalue weighted by Gasteiger charge is 2.37. The summed E-state index contributed by atoms with van der Waals surface area (Å²) in [4.78, 5) is 28.7. The number of hydrogen-bond acceptors (Lipinski definition) is 5. The van der Waals surface area contributed by atoms with Gasteiger partial charge in [0, 0.05) is 38.5 Å². The van der Waals surface area contributed by atoms with E-state index in [4.69, 9.17) is 0 Å². The van der Waals surface area contributed by atoms with Crippen molar-refractivity contribution in [3.63, 3.8) is 0 Å². The molecule has 128 valence electrons. The number of hydrogen-bond donors (Lipinski definition) is 1. The highest BCUT2D eigenvalue weighted by atomic mass is 35.5.